The molecule has 104 valence electrons. The van der Waals surface area contributed by atoms with Crippen molar-refractivity contribution in [3.63, 3.8) is 0 Å². The third-order valence-corrected chi connectivity index (χ3v) is 4.82. The highest BCUT2D eigenvalue weighted by Gasteiger charge is 2.21. The van der Waals surface area contributed by atoms with Crippen LogP contribution in [-0.4, -0.2) is 31.6 Å². The van der Waals surface area contributed by atoms with Gasteiger partial charge in [0.2, 0.25) is 0 Å². The van der Waals surface area contributed by atoms with Gasteiger partial charge in [-0.15, -0.1) is 11.8 Å². The summed E-state index contributed by atoms with van der Waals surface area (Å²) in [4.78, 5) is 0. The lowest BCUT2D eigenvalue weighted by molar-refractivity contribution is 0.0455. The van der Waals surface area contributed by atoms with Crippen LogP contribution in [-0.2, 0) is 17.0 Å². The van der Waals surface area contributed by atoms with E-state index in [-0.39, 0.29) is 0 Å². The lowest BCUT2D eigenvalue weighted by Gasteiger charge is -2.25. The summed E-state index contributed by atoms with van der Waals surface area (Å²) in [7, 11) is 1.75. The van der Waals surface area contributed by atoms with E-state index in [4.69, 9.17) is 9.47 Å². The molecule has 0 bridgehead atoms. The molecule has 1 saturated carbocycles. The molecule has 4 heteroatoms. The van der Waals surface area contributed by atoms with Crippen molar-refractivity contribution in [2.45, 2.75) is 36.4 Å². The highest BCUT2D eigenvalue weighted by Crippen LogP contribution is 2.29. The predicted octanol–water partition coefficient (Wildman–Crippen LogP) is 2.58. The van der Waals surface area contributed by atoms with Gasteiger partial charge < -0.3 is 14.8 Å². The zero-order chi connectivity index (χ0) is 13.1. The minimum absolute atomic E-state index is 0.665. The van der Waals surface area contributed by atoms with E-state index >= 15 is 0 Å². The standard InChI is InChI=1S/C15H21NO2S/c1-17-15-5-2-11(7-16-13-3-4-13)6-12(15)10-19-14-8-18-9-14/h2,5-6,13-14,16H,3-4,7-10H2,1H3. The second kappa shape index (κ2) is 6.16. The first-order chi connectivity index (χ1) is 9.35. The number of hydrogen-bond donors (Lipinski definition) is 1. The zero-order valence-electron chi connectivity index (χ0n) is 11.4. The summed E-state index contributed by atoms with van der Waals surface area (Å²) < 4.78 is 10.7. The molecule has 1 saturated heterocycles. The molecule has 1 heterocycles. The molecular formula is C15H21NO2S. The minimum Gasteiger partial charge on any atom is -0.496 e. The number of thioether (sulfide) groups is 1. The second-order valence-corrected chi connectivity index (χ2v) is 6.56. The first-order valence-electron chi connectivity index (χ1n) is 6.93. The highest BCUT2D eigenvalue weighted by atomic mass is 32.2. The smallest absolute Gasteiger partial charge is 0.122 e. The van der Waals surface area contributed by atoms with Crippen LogP contribution in [0.4, 0.5) is 0 Å². The minimum atomic E-state index is 0.665. The van der Waals surface area contributed by atoms with Crippen molar-refractivity contribution in [1.82, 2.24) is 5.32 Å². The lowest BCUT2D eigenvalue weighted by atomic mass is 10.1. The van der Waals surface area contributed by atoms with Crippen LogP contribution in [0.3, 0.4) is 0 Å². The Hall–Kier alpha value is -0.710. The van der Waals surface area contributed by atoms with Gasteiger partial charge in [0.1, 0.15) is 5.75 Å². The fourth-order valence-corrected chi connectivity index (χ4v) is 3.15. The summed E-state index contributed by atoms with van der Waals surface area (Å²) in [5.41, 5.74) is 2.66. The number of nitrogens with one attached hydrogen (secondary N) is 1. The van der Waals surface area contributed by atoms with Crippen molar-refractivity contribution in [2.24, 2.45) is 0 Å². The van der Waals surface area contributed by atoms with E-state index in [1.54, 1.807) is 7.11 Å². The molecule has 0 amide bonds. The van der Waals surface area contributed by atoms with Crippen LogP contribution in [0.25, 0.3) is 0 Å². The molecule has 1 aliphatic heterocycles. The summed E-state index contributed by atoms with van der Waals surface area (Å²) in [5, 5.41) is 4.22. The topological polar surface area (TPSA) is 30.5 Å². The molecular weight excluding hydrogens is 258 g/mol. The van der Waals surface area contributed by atoms with Crippen LogP contribution < -0.4 is 10.1 Å². The average molecular weight is 279 g/mol. The summed E-state index contributed by atoms with van der Waals surface area (Å²) >= 11 is 1.97. The van der Waals surface area contributed by atoms with Crippen LogP contribution in [0.5, 0.6) is 5.75 Å². The number of methoxy groups -OCH3 is 1. The number of hydrogen-bond acceptors (Lipinski definition) is 4. The molecule has 1 aromatic rings. The molecule has 0 atom stereocenters. The summed E-state index contributed by atoms with van der Waals surface area (Å²) in [5.74, 6) is 2.01. The van der Waals surface area contributed by atoms with E-state index in [0.29, 0.717) is 5.25 Å². The van der Waals surface area contributed by atoms with E-state index < -0.39 is 0 Å². The molecule has 1 aromatic carbocycles. The third kappa shape index (κ3) is 3.65. The van der Waals surface area contributed by atoms with Gasteiger partial charge in [-0.2, -0.15) is 0 Å². The summed E-state index contributed by atoms with van der Waals surface area (Å²) in [6.07, 6.45) is 2.67. The number of ether oxygens (including phenoxy) is 2. The van der Waals surface area contributed by atoms with Crippen LogP contribution in [0.1, 0.15) is 24.0 Å². The van der Waals surface area contributed by atoms with Gasteiger partial charge in [0.25, 0.3) is 0 Å². The molecule has 1 N–H and O–H groups in total. The molecule has 0 radical (unpaired) electrons. The van der Waals surface area contributed by atoms with Crippen molar-refractivity contribution in [1.29, 1.82) is 0 Å². The van der Waals surface area contributed by atoms with Gasteiger partial charge in [0, 0.05) is 23.9 Å². The predicted molar refractivity (Wildman–Crippen MR) is 78.8 cm³/mol. The van der Waals surface area contributed by atoms with E-state index in [9.17, 15) is 0 Å². The molecule has 19 heavy (non-hydrogen) atoms. The third-order valence-electron chi connectivity index (χ3n) is 3.60. The maximum Gasteiger partial charge on any atom is 0.122 e. The van der Waals surface area contributed by atoms with Crippen LogP contribution in [0.2, 0.25) is 0 Å². The fraction of sp³-hybridized carbons (Fsp3) is 0.600. The SMILES string of the molecule is COc1ccc(CNC2CC2)cc1CSC1COC1. The van der Waals surface area contributed by atoms with Gasteiger partial charge in [0.05, 0.1) is 25.6 Å². The Labute approximate surface area is 119 Å². The van der Waals surface area contributed by atoms with E-state index in [1.165, 1.54) is 24.0 Å². The van der Waals surface area contributed by atoms with Crippen molar-refractivity contribution in [3.8, 4) is 5.75 Å². The van der Waals surface area contributed by atoms with Crippen LogP contribution in [0.15, 0.2) is 18.2 Å². The van der Waals surface area contributed by atoms with E-state index in [2.05, 4.69) is 23.5 Å². The maximum absolute atomic E-state index is 5.46. The second-order valence-electron chi connectivity index (χ2n) is 5.27. The Morgan fingerprint density at radius 3 is 2.84 bits per heavy atom. The van der Waals surface area contributed by atoms with Gasteiger partial charge in [0.15, 0.2) is 0 Å². The normalized spacial score (nSPS) is 19.2. The Morgan fingerprint density at radius 1 is 1.37 bits per heavy atom. The van der Waals surface area contributed by atoms with E-state index in [0.717, 1.165) is 37.3 Å². The molecule has 0 aromatic heterocycles. The number of benzene rings is 1. The van der Waals surface area contributed by atoms with Crippen molar-refractivity contribution >= 4 is 11.8 Å². The van der Waals surface area contributed by atoms with Crippen molar-refractivity contribution < 1.29 is 9.47 Å². The van der Waals surface area contributed by atoms with Gasteiger partial charge in [-0.25, -0.2) is 0 Å². The first kappa shape index (κ1) is 13.3. The average Bonchev–Trinajstić information content (AvgIpc) is 3.19. The quantitative estimate of drug-likeness (QED) is 0.831. The van der Waals surface area contributed by atoms with Crippen molar-refractivity contribution in [3.05, 3.63) is 29.3 Å². The fourth-order valence-electron chi connectivity index (χ4n) is 2.12. The maximum atomic E-state index is 5.46. The van der Waals surface area contributed by atoms with Gasteiger partial charge in [-0.05, 0) is 30.5 Å². The Morgan fingerprint density at radius 2 is 2.21 bits per heavy atom. The van der Waals surface area contributed by atoms with Gasteiger partial charge in [-0.1, -0.05) is 6.07 Å². The molecule has 2 aliphatic rings. The highest BCUT2D eigenvalue weighted by molar-refractivity contribution is 7.99. The largest absolute Gasteiger partial charge is 0.496 e. The Balaban J connectivity index is 1.61. The molecule has 3 rings (SSSR count). The molecule has 3 nitrogen and oxygen atoms in total. The first-order valence-corrected chi connectivity index (χ1v) is 7.98. The number of rotatable bonds is 7. The van der Waals surface area contributed by atoms with E-state index in [1.807, 2.05) is 11.8 Å². The zero-order valence-corrected chi connectivity index (χ0v) is 12.2. The Bertz CT molecular complexity index is 430. The Kier molecular flexibility index (Phi) is 4.31. The molecule has 2 fully saturated rings. The lowest BCUT2D eigenvalue weighted by Crippen LogP contribution is -2.30. The molecule has 1 aliphatic carbocycles. The van der Waals surface area contributed by atoms with Gasteiger partial charge >= 0.3 is 0 Å². The van der Waals surface area contributed by atoms with Crippen LogP contribution in [0, 0.1) is 0 Å². The summed E-state index contributed by atoms with van der Waals surface area (Å²) in [6, 6.07) is 7.29. The van der Waals surface area contributed by atoms with Crippen molar-refractivity contribution in [2.75, 3.05) is 20.3 Å². The van der Waals surface area contributed by atoms with Crippen LogP contribution >= 0.6 is 11.8 Å². The summed E-state index contributed by atoms with van der Waals surface area (Å²) in [6.45, 7) is 2.77. The molecule has 0 spiro atoms. The monoisotopic (exact) mass is 279 g/mol. The van der Waals surface area contributed by atoms with Gasteiger partial charge in [-0.3, -0.25) is 0 Å². The molecule has 0 unspecified atom stereocenters.